The van der Waals surface area contributed by atoms with Crippen LogP contribution in [0.3, 0.4) is 0 Å². The van der Waals surface area contributed by atoms with Crippen molar-refractivity contribution in [2.75, 3.05) is 26.2 Å². The van der Waals surface area contributed by atoms with Crippen LogP contribution in [0.5, 0.6) is 0 Å². The van der Waals surface area contributed by atoms with Gasteiger partial charge in [0.1, 0.15) is 5.56 Å². The summed E-state index contributed by atoms with van der Waals surface area (Å²) in [5, 5.41) is 7.21. The van der Waals surface area contributed by atoms with Gasteiger partial charge in [-0.15, -0.1) is 0 Å². The number of hydrogen-bond acceptors (Lipinski definition) is 4. The molecule has 0 bridgehead atoms. The first-order valence-electron chi connectivity index (χ1n) is 8.42. The number of aromatic nitrogens is 3. The Morgan fingerprint density at radius 1 is 1.39 bits per heavy atom. The van der Waals surface area contributed by atoms with Crippen molar-refractivity contribution in [3.63, 3.8) is 0 Å². The Morgan fingerprint density at radius 3 is 2.91 bits per heavy atom. The fourth-order valence-corrected chi connectivity index (χ4v) is 3.21. The molecule has 124 valence electrons. The third-order valence-corrected chi connectivity index (χ3v) is 4.41. The number of carbonyl (C=O) groups excluding carboxylic acids is 1. The number of piperidine rings is 1. The number of fused-ring (bicyclic) bond motifs is 1. The Kier molecular flexibility index (Phi) is 4.91. The molecule has 23 heavy (non-hydrogen) atoms. The van der Waals surface area contributed by atoms with Gasteiger partial charge < -0.3 is 10.2 Å². The minimum atomic E-state index is -0.0803. The lowest BCUT2D eigenvalue weighted by molar-refractivity contribution is 0.0936. The molecule has 0 unspecified atom stereocenters. The minimum Gasteiger partial charge on any atom is -0.352 e. The average molecular weight is 315 g/mol. The lowest BCUT2D eigenvalue weighted by atomic mass is 9.96. The summed E-state index contributed by atoms with van der Waals surface area (Å²) in [4.78, 5) is 19.1. The van der Waals surface area contributed by atoms with Crippen LogP contribution in [0.2, 0.25) is 0 Å². The van der Waals surface area contributed by atoms with Crippen molar-refractivity contribution in [3.8, 4) is 0 Å². The second-order valence-corrected chi connectivity index (χ2v) is 6.79. The predicted octanol–water partition coefficient (Wildman–Crippen LogP) is 1.83. The van der Waals surface area contributed by atoms with Crippen molar-refractivity contribution in [3.05, 3.63) is 30.2 Å². The van der Waals surface area contributed by atoms with Gasteiger partial charge in [0.15, 0.2) is 5.65 Å². The van der Waals surface area contributed by atoms with E-state index in [1.54, 1.807) is 29.2 Å². The monoisotopic (exact) mass is 315 g/mol. The normalized spacial score (nSPS) is 17.0. The molecular weight excluding hydrogens is 290 g/mol. The molecule has 2 aromatic rings. The van der Waals surface area contributed by atoms with Gasteiger partial charge in [0, 0.05) is 25.5 Å². The lowest BCUT2D eigenvalue weighted by Gasteiger charge is -2.33. The third-order valence-electron chi connectivity index (χ3n) is 4.41. The van der Waals surface area contributed by atoms with E-state index in [1.807, 2.05) is 0 Å². The van der Waals surface area contributed by atoms with Gasteiger partial charge in [-0.3, -0.25) is 4.79 Å². The average Bonchev–Trinajstić information content (AvgIpc) is 2.97. The van der Waals surface area contributed by atoms with Gasteiger partial charge in [0.2, 0.25) is 0 Å². The van der Waals surface area contributed by atoms with E-state index in [4.69, 9.17) is 0 Å². The van der Waals surface area contributed by atoms with Crippen LogP contribution < -0.4 is 5.32 Å². The fraction of sp³-hybridized carbons (Fsp3) is 0.588. The van der Waals surface area contributed by atoms with Crippen molar-refractivity contribution in [1.29, 1.82) is 0 Å². The smallest absolute Gasteiger partial charge is 0.256 e. The van der Waals surface area contributed by atoms with E-state index >= 15 is 0 Å². The van der Waals surface area contributed by atoms with Crippen LogP contribution in [0.4, 0.5) is 0 Å². The first-order valence-corrected chi connectivity index (χ1v) is 8.42. The van der Waals surface area contributed by atoms with Gasteiger partial charge in [-0.1, -0.05) is 13.8 Å². The Morgan fingerprint density at radius 2 is 2.17 bits per heavy atom. The van der Waals surface area contributed by atoms with Gasteiger partial charge in [-0.25, -0.2) is 9.50 Å². The molecule has 0 atom stereocenters. The molecular formula is C17H25N5O. The molecule has 3 heterocycles. The number of nitrogens with zero attached hydrogens (tertiary/aromatic N) is 4. The van der Waals surface area contributed by atoms with Crippen LogP contribution in [-0.4, -0.2) is 51.6 Å². The topological polar surface area (TPSA) is 62.5 Å². The van der Waals surface area contributed by atoms with E-state index in [1.165, 1.54) is 6.54 Å². The van der Waals surface area contributed by atoms with Crippen LogP contribution in [0, 0.1) is 11.8 Å². The largest absolute Gasteiger partial charge is 0.352 e. The highest BCUT2D eigenvalue weighted by atomic mass is 16.1. The van der Waals surface area contributed by atoms with Gasteiger partial charge in [0.05, 0.1) is 6.20 Å². The molecule has 3 rings (SSSR count). The van der Waals surface area contributed by atoms with Crippen molar-refractivity contribution in [1.82, 2.24) is 24.8 Å². The Labute approximate surface area is 136 Å². The zero-order valence-electron chi connectivity index (χ0n) is 13.9. The standard InChI is InChI=1S/C17H25N5O/c1-13(2)12-21-8-4-14(5-9-21)10-19-17(23)15-11-20-22-7-3-6-18-16(15)22/h3,6-7,11,13-14H,4-5,8-10,12H2,1-2H3,(H,19,23). The molecule has 1 aliphatic heterocycles. The lowest BCUT2D eigenvalue weighted by Crippen LogP contribution is -2.40. The Hall–Kier alpha value is -1.95. The Balaban J connectivity index is 1.50. The number of hydrogen-bond donors (Lipinski definition) is 1. The van der Waals surface area contributed by atoms with Crippen molar-refractivity contribution >= 4 is 11.6 Å². The number of carbonyl (C=O) groups is 1. The number of rotatable bonds is 5. The molecule has 2 aromatic heterocycles. The van der Waals surface area contributed by atoms with E-state index in [0.29, 0.717) is 17.1 Å². The van der Waals surface area contributed by atoms with E-state index in [2.05, 4.69) is 34.1 Å². The van der Waals surface area contributed by atoms with E-state index in [0.717, 1.165) is 38.4 Å². The number of amides is 1. The first kappa shape index (κ1) is 15.9. The van der Waals surface area contributed by atoms with E-state index in [9.17, 15) is 4.79 Å². The zero-order valence-corrected chi connectivity index (χ0v) is 13.9. The van der Waals surface area contributed by atoms with E-state index < -0.39 is 0 Å². The minimum absolute atomic E-state index is 0.0803. The quantitative estimate of drug-likeness (QED) is 0.914. The molecule has 0 saturated carbocycles. The highest BCUT2D eigenvalue weighted by Crippen LogP contribution is 2.17. The molecule has 1 N–H and O–H groups in total. The summed E-state index contributed by atoms with van der Waals surface area (Å²) in [6, 6.07) is 1.80. The summed E-state index contributed by atoms with van der Waals surface area (Å²) < 4.78 is 1.62. The highest BCUT2D eigenvalue weighted by molar-refractivity contribution is 5.99. The zero-order chi connectivity index (χ0) is 16.2. The van der Waals surface area contributed by atoms with Crippen LogP contribution in [0.25, 0.3) is 5.65 Å². The molecule has 0 aliphatic carbocycles. The highest BCUT2D eigenvalue weighted by Gasteiger charge is 2.21. The summed E-state index contributed by atoms with van der Waals surface area (Å²) in [5.41, 5.74) is 1.15. The first-order chi connectivity index (χ1) is 11.1. The van der Waals surface area contributed by atoms with Crippen LogP contribution in [0.15, 0.2) is 24.7 Å². The van der Waals surface area contributed by atoms with Crippen LogP contribution >= 0.6 is 0 Å². The summed E-state index contributed by atoms with van der Waals surface area (Å²) in [7, 11) is 0. The second kappa shape index (κ2) is 7.08. The molecule has 1 fully saturated rings. The fourth-order valence-electron chi connectivity index (χ4n) is 3.21. The second-order valence-electron chi connectivity index (χ2n) is 6.79. The number of nitrogens with one attached hydrogen (secondary N) is 1. The summed E-state index contributed by atoms with van der Waals surface area (Å²) >= 11 is 0. The molecule has 0 radical (unpaired) electrons. The number of likely N-dealkylation sites (tertiary alicyclic amines) is 1. The van der Waals surface area contributed by atoms with Gasteiger partial charge in [0.25, 0.3) is 5.91 Å². The van der Waals surface area contributed by atoms with Gasteiger partial charge >= 0.3 is 0 Å². The van der Waals surface area contributed by atoms with Crippen LogP contribution in [-0.2, 0) is 0 Å². The SMILES string of the molecule is CC(C)CN1CCC(CNC(=O)c2cnn3cccnc23)CC1. The maximum Gasteiger partial charge on any atom is 0.256 e. The molecule has 0 aromatic carbocycles. The van der Waals surface area contributed by atoms with Crippen molar-refractivity contribution < 1.29 is 4.79 Å². The molecule has 6 nitrogen and oxygen atoms in total. The molecule has 1 saturated heterocycles. The molecule has 1 amide bonds. The summed E-state index contributed by atoms with van der Waals surface area (Å²) in [6.07, 6.45) is 7.37. The predicted molar refractivity (Wildman–Crippen MR) is 89.3 cm³/mol. The third kappa shape index (κ3) is 3.88. The molecule has 0 spiro atoms. The summed E-state index contributed by atoms with van der Waals surface area (Å²) in [5.74, 6) is 1.20. The van der Waals surface area contributed by atoms with Gasteiger partial charge in [-0.2, -0.15) is 5.10 Å². The molecule has 1 aliphatic rings. The van der Waals surface area contributed by atoms with Crippen molar-refractivity contribution in [2.24, 2.45) is 11.8 Å². The van der Waals surface area contributed by atoms with E-state index in [-0.39, 0.29) is 5.91 Å². The van der Waals surface area contributed by atoms with Crippen LogP contribution in [0.1, 0.15) is 37.0 Å². The maximum absolute atomic E-state index is 12.4. The summed E-state index contributed by atoms with van der Waals surface area (Å²) in [6.45, 7) is 8.70. The van der Waals surface area contributed by atoms with Gasteiger partial charge in [-0.05, 0) is 43.8 Å². The van der Waals surface area contributed by atoms with Crippen molar-refractivity contribution in [2.45, 2.75) is 26.7 Å². The Bertz CT molecular complexity index is 658. The maximum atomic E-state index is 12.4. The molecule has 6 heteroatoms.